The lowest BCUT2D eigenvalue weighted by atomic mass is 10.2. The van der Waals surface area contributed by atoms with Crippen LogP contribution in [-0.4, -0.2) is 22.9 Å². The lowest BCUT2D eigenvalue weighted by molar-refractivity contribution is 0.414. The van der Waals surface area contributed by atoms with Crippen molar-refractivity contribution >= 4 is 0 Å². The molecule has 0 aliphatic carbocycles. The quantitative estimate of drug-likeness (QED) is 0.879. The maximum Gasteiger partial charge on any atom is 0.121 e. The highest BCUT2D eigenvalue weighted by Crippen LogP contribution is 2.20. The first-order valence-electron chi connectivity index (χ1n) is 7.09. The van der Waals surface area contributed by atoms with Crippen LogP contribution >= 0.6 is 0 Å². The maximum atomic E-state index is 5.28. The number of hydrogen-bond donors (Lipinski definition) is 1. The third-order valence-corrected chi connectivity index (χ3v) is 3.29. The Hall–Kier alpha value is -1.81. The molecule has 4 heteroatoms. The Kier molecular flexibility index (Phi) is 4.79. The number of rotatable bonds is 6. The molecule has 4 nitrogen and oxygen atoms in total. The van der Waals surface area contributed by atoms with Gasteiger partial charge in [-0.2, -0.15) is 5.10 Å². The van der Waals surface area contributed by atoms with Crippen LogP contribution in [0.2, 0.25) is 0 Å². The van der Waals surface area contributed by atoms with Gasteiger partial charge in [0.05, 0.1) is 19.0 Å². The predicted molar refractivity (Wildman–Crippen MR) is 81.5 cm³/mol. The highest BCUT2D eigenvalue weighted by molar-refractivity contribution is 5.41. The van der Waals surface area contributed by atoms with Gasteiger partial charge in [0.15, 0.2) is 0 Å². The zero-order chi connectivity index (χ0) is 14.5. The average molecular weight is 273 g/mol. The van der Waals surface area contributed by atoms with Gasteiger partial charge < -0.3 is 10.1 Å². The Balaban J connectivity index is 2.31. The SMILES string of the molecule is CCc1c(CNC(C)C)cnn1-c1cccc(OC)c1. The maximum absolute atomic E-state index is 5.28. The van der Waals surface area contributed by atoms with Gasteiger partial charge in [0.2, 0.25) is 0 Å². The second kappa shape index (κ2) is 6.57. The van der Waals surface area contributed by atoms with Crippen LogP contribution in [0.3, 0.4) is 0 Å². The van der Waals surface area contributed by atoms with Gasteiger partial charge in [-0.15, -0.1) is 0 Å². The number of nitrogens with one attached hydrogen (secondary N) is 1. The molecular weight excluding hydrogens is 250 g/mol. The second-order valence-electron chi connectivity index (χ2n) is 5.12. The van der Waals surface area contributed by atoms with Gasteiger partial charge in [-0.3, -0.25) is 0 Å². The van der Waals surface area contributed by atoms with Crippen LogP contribution in [0, 0.1) is 0 Å². The third-order valence-electron chi connectivity index (χ3n) is 3.29. The van der Waals surface area contributed by atoms with Crippen molar-refractivity contribution in [2.24, 2.45) is 0 Å². The van der Waals surface area contributed by atoms with E-state index in [1.54, 1.807) is 7.11 Å². The monoisotopic (exact) mass is 273 g/mol. The van der Waals surface area contributed by atoms with Crippen LogP contribution in [0.4, 0.5) is 0 Å². The fourth-order valence-corrected chi connectivity index (χ4v) is 2.21. The van der Waals surface area contributed by atoms with E-state index in [0.717, 1.165) is 24.4 Å². The molecule has 0 amide bonds. The van der Waals surface area contributed by atoms with E-state index in [2.05, 4.69) is 31.2 Å². The molecule has 0 unspecified atom stereocenters. The lowest BCUT2D eigenvalue weighted by Crippen LogP contribution is -2.22. The van der Waals surface area contributed by atoms with E-state index >= 15 is 0 Å². The van der Waals surface area contributed by atoms with E-state index < -0.39 is 0 Å². The minimum atomic E-state index is 0.472. The Morgan fingerprint density at radius 3 is 2.80 bits per heavy atom. The summed E-state index contributed by atoms with van der Waals surface area (Å²) in [5.41, 5.74) is 3.53. The normalized spacial score (nSPS) is 11.1. The number of aromatic nitrogens is 2. The Labute approximate surface area is 120 Å². The summed E-state index contributed by atoms with van der Waals surface area (Å²) < 4.78 is 7.28. The zero-order valence-electron chi connectivity index (χ0n) is 12.7. The van der Waals surface area contributed by atoms with E-state index in [1.807, 2.05) is 35.1 Å². The molecule has 1 aromatic heterocycles. The van der Waals surface area contributed by atoms with E-state index in [4.69, 9.17) is 4.74 Å². The number of nitrogens with zero attached hydrogens (tertiary/aromatic N) is 2. The van der Waals surface area contributed by atoms with Crippen LogP contribution < -0.4 is 10.1 Å². The molecule has 1 N–H and O–H groups in total. The van der Waals surface area contributed by atoms with Crippen LogP contribution in [0.1, 0.15) is 32.0 Å². The van der Waals surface area contributed by atoms with Crippen molar-refractivity contribution in [3.63, 3.8) is 0 Å². The van der Waals surface area contributed by atoms with Gasteiger partial charge in [-0.1, -0.05) is 26.8 Å². The molecule has 0 saturated heterocycles. The summed E-state index contributed by atoms with van der Waals surface area (Å²) in [5.74, 6) is 0.849. The second-order valence-corrected chi connectivity index (χ2v) is 5.12. The van der Waals surface area contributed by atoms with Crippen LogP contribution in [0.5, 0.6) is 5.75 Å². The summed E-state index contributed by atoms with van der Waals surface area (Å²) in [4.78, 5) is 0. The topological polar surface area (TPSA) is 39.1 Å². The van der Waals surface area contributed by atoms with Crippen molar-refractivity contribution in [3.05, 3.63) is 41.7 Å². The van der Waals surface area contributed by atoms with Crippen molar-refractivity contribution < 1.29 is 4.74 Å². The molecule has 0 aliphatic rings. The smallest absolute Gasteiger partial charge is 0.121 e. The number of hydrogen-bond acceptors (Lipinski definition) is 3. The van der Waals surface area contributed by atoms with Crippen molar-refractivity contribution in [2.45, 2.75) is 39.8 Å². The number of methoxy groups -OCH3 is 1. The molecule has 0 radical (unpaired) electrons. The van der Waals surface area contributed by atoms with E-state index in [0.29, 0.717) is 6.04 Å². The molecule has 0 saturated carbocycles. The predicted octanol–water partition coefficient (Wildman–Crippen LogP) is 2.94. The molecule has 2 aromatic rings. The first-order valence-corrected chi connectivity index (χ1v) is 7.09. The summed E-state index contributed by atoms with van der Waals surface area (Å²) in [6.45, 7) is 7.31. The first-order chi connectivity index (χ1) is 9.65. The van der Waals surface area contributed by atoms with E-state index in [9.17, 15) is 0 Å². The minimum absolute atomic E-state index is 0.472. The van der Waals surface area contributed by atoms with Crippen LogP contribution in [-0.2, 0) is 13.0 Å². The van der Waals surface area contributed by atoms with Gasteiger partial charge in [-0.25, -0.2) is 4.68 Å². The fourth-order valence-electron chi connectivity index (χ4n) is 2.21. The standard InChI is InChI=1S/C16H23N3O/c1-5-16-13(10-17-12(2)3)11-18-19(16)14-7-6-8-15(9-14)20-4/h6-9,11-12,17H,5,10H2,1-4H3. The van der Waals surface area contributed by atoms with Gasteiger partial charge in [-0.05, 0) is 18.6 Å². The Bertz CT molecular complexity index is 561. The molecule has 2 rings (SSSR count). The number of benzene rings is 1. The third kappa shape index (κ3) is 3.20. The van der Waals surface area contributed by atoms with E-state index in [-0.39, 0.29) is 0 Å². The van der Waals surface area contributed by atoms with Gasteiger partial charge in [0, 0.05) is 29.9 Å². The molecule has 20 heavy (non-hydrogen) atoms. The molecular formula is C16H23N3O. The van der Waals surface area contributed by atoms with Crippen LogP contribution in [0.15, 0.2) is 30.5 Å². The van der Waals surface area contributed by atoms with Gasteiger partial charge in [0.25, 0.3) is 0 Å². The van der Waals surface area contributed by atoms with E-state index in [1.165, 1.54) is 11.3 Å². The van der Waals surface area contributed by atoms with Gasteiger partial charge >= 0.3 is 0 Å². The summed E-state index contributed by atoms with van der Waals surface area (Å²) in [6, 6.07) is 8.46. The minimum Gasteiger partial charge on any atom is -0.497 e. The molecule has 0 aliphatic heterocycles. The average Bonchev–Trinajstić information content (AvgIpc) is 2.88. The molecule has 1 heterocycles. The molecule has 1 aromatic carbocycles. The summed E-state index contributed by atoms with van der Waals surface area (Å²) in [6.07, 6.45) is 2.90. The molecule has 108 valence electrons. The molecule has 0 spiro atoms. The summed E-state index contributed by atoms with van der Waals surface area (Å²) >= 11 is 0. The summed E-state index contributed by atoms with van der Waals surface area (Å²) in [7, 11) is 1.68. The Morgan fingerprint density at radius 1 is 1.35 bits per heavy atom. The molecule has 0 fully saturated rings. The van der Waals surface area contributed by atoms with Gasteiger partial charge in [0.1, 0.15) is 5.75 Å². The highest BCUT2D eigenvalue weighted by atomic mass is 16.5. The first kappa shape index (κ1) is 14.6. The fraction of sp³-hybridized carbons (Fsp3) is 0.438. The largest absolute Gasteiger partial charge is 0.497 e. The van der Waals surface area contributed by atoms with Crippen molar-refractivity contribution in [3.8, 4) is 11.4 Å². The summed E-state index contributed by atoms with van der Waals surface area (Å²) in [5, 5.41) is 7.98. The van der Waals surface area contributed by atoms with Crippen molar-refractivity contribution in [1.82, 2.24) is 15.1 Å². The highest BCUT2D eigenvalue weighted by Gasteiger charge is 2.11. The Morgan fingerprint density at radius 2 is 2.15 bits per heavy atom. The molecule has 0 bridgehead atoms. The van der Waals surface area contributed by atoms with Crippen molar-refractivity contribution in [1.29, 1.82) is 0 Å². The van der Waals surface area contributed by atoms with Crippen molar-refractivity contribution in [2.75, 3.05) is 7.11 Å². The zero-order valence-corrected chi connectivity index (χ0v) is 12.7. The lowest BCUT2D eigenvalue weighted by Gasteiger charge is -2.11. The number of ether oxygens (including phenoxy) is 1. The molecule has 0 atom stereocenters. The van der Waals surface area contributed by atoms with Crippen LogP contribution in [0.25, 0.3) is 5.69 Å².